The quantitative estimate of drug-likeness (QED) is 0.802. The summed E-state index contributed by atoms with van der Waals surface area (Å²) in [7, 11) is 0. The third-order valence-electron chi connectivity index (χ3n) is 4.22. The average Bonchev–Trinajstić information content (AvgIpc) is 3.00. The van der Waals surface area contributed by atoms with Crippen LogP contribution < -0.4 is 15.4 Å². The van der Waals surface area contributed by atoms with Crippen LogP contribution in [0.1, 0.15) is 23.1 Å². The Morgan fingerprint density at radius 1 is 1.16 bits per heavy atom. The Hall–Kier alpha value is -1.75. The Morgan fingerprint density at radius 2 is 1.96 bits per heavy atom. The van der Waals surface area contributed by atoms with Crippen molar-refractivity contribution in [1.29, 1.82) is 0 Å². The minimum absolute atomic E-state index is 0.0818. The number of rotatable bonds is 6. The zero-order valence-electron chi connectivity index (χ0n) is 13.9. The Bertz CT molecular complexity index is 780. The number of halogens is 2. The molecule has 1 saturated heterocycles. The Balaban J connectivity index is 1.57. The smallest absolute Gasteiger partial charge is 0.237 e. The molecule has 1 unspecified atom stereocenters. The molecule has 2 aromatic carbocycles. The van der Waals surface area contributed by atoms with Crippen molar-refractivity contribution in [3.05, 3.63) is 63.1 Å². The normalized spacial score (nSPS) is 16.8. The van der Waals surface area contributed by atoms with Gasteiger partial charge in [0.05, 0.1) is 16.1 Å². The van der Waals surface area contributed by atoms with E-state index >= 15 is 0 Å². The topological polar surface area (TPSA) is 50.4 Å². The van der Waals surface area contributed by atoms with Crippen molar-refractivity contribution in [3.8, 4) is 5.75 Å². The van der Waals surface area contributed by atoms with Crippen LogP contribution in [0.5, 0.6) is 5.75 Å². The van der Waals surface area contributed by atoms with Gasteiger partial charge in [-0.1, -0.05) is 41.4 Å². The van der Waals surface area contributed by atoms with Crippen molar-refractivity contribution >= 4 is 29.1 Å². The van der Waals surface area contributed by atoms with E-state index in [1.807, 2.05) is 31.2 Å². The van der Waals surface area contributed by atoms with Crippen LogP contribution in [0.3, 0.4) is 0 Å². The van der Waals surface area contributed by atoms with Crippen LogP contribution in [-0.4, -0.2) is 18.5 Å². The van der Waals surface area contributed by atoms with Crippen LogP contribution in [0.25, 0.3) is 0 Å². The highest BCUT2D eigenvalue weighted by molar-refractivity contribution is 6.42. The summed E-state index contributed by atoms with van der Waals surface area (Å²) in [4.78, 5) is 11.6. The van der Waals surface area contributed by atoms with Gasteiger partial charge in [0.2, 0.25) is 5.91 Å². The summed E-state index contributed by atoms with van der Waals surface area (Å²) < 4.78 is 5.88. The van der Waals surface area contributed by atoms with E-state index in [0.29, 0.717) is 23.2 Å². The number of amides is 1. The molecule has 1 heterocycles. The van der Waals surface area contributed by atoms with Crippen LogP contribution >= 0.6 is 23.2 Å². The van der Waals surface area contributed by atoms with E-state index in [4.69, 9.17) is 27.9 Å². The first kappa shape index (κ1) is 18.1. The summed E-state index contributed by atoms with van der Waals surface area (Å²) >= 11 is 11.9. The lowest BCUT2D eigenvalue weighted by molar-refractivity contribution is -0.120. The molecule has 0 aromatic heterocycles. The molecule has 1 amide bonds. The molecule has 0 bridgehead atoms. The molecule has 1 aliphatic heterocycles. The van der Waals surface area contributed by atoms with E-state index in [0.717, 1.165) is 35.4 Å². The lowest BCUT2D eigenvalue weighted by atomic mass is 10.1. The van der Waals surface area contributed by atoms with Crippen molar-refractivity contribution < 1.29 is 9.53 Å². The van der Waals surface area contributed by atoms with E-state index in [-0.39, 0.29) is 11.9 Å². The summed E-state index contributed by atoms with van der Waals surface area (Å²) in [6.45, 7) is 3.84. The molecule has 0 saturated carbocycles. The van der Waals surface area contributed by atoms with Gasteiger partial charge in [-0.3, -0.25) is 4.79 Å². The highest BCUT2D eigenvalue weighted by Crippen LogP contribution is 2.25. The third kappa shape index (κ3) is 4.66. The minimum Gasteiger partial charge on any atom is -0.489 e. The second kappa shape index (κ2) is 8.09. The molecule has 1 atom stereocenters. The monoisotopic (exact) mass is 378 g/mol. The first-order chi connectivity index (χ1) is 12.0. The lowest BCUT2D eigenvalue weighted by Crippen LogP contribution is -2.35. The van der Waals surface area contributed by atoms with Gasteiger partial charge in [-0.15, -0.1) is 0 Å². The van der Waals surface area contributed by atoms with Crippen molar-refractivity contribution in [2.45, 2.75) is 32.5 Å². The van der Waals surface area contributed by atoms with Crippen LogP contribution in [-0.2, 0) is 17.9 Å². The van der Waals surface area contributed by atoms with Crippen molar-refractivity contribution in [3.63, 3.8) is 0 Å². The molecule has 0 aliphatic carbocycles. The number of ether oxygens (including phenoxy) is 1. The second-order valence-electron chi connectivity index (χ2n) is 6.15. The first-order valence-corrected chi connectivity index (χ1v) is 8.96. The molecule has 1 fully saturated rings. The Labute approximate surface area is 157 Å². The molecule has 0 spiro atoms. The van der Waals surface area contributed by atoms with Gasteiger partial charge in [0.15, 0.2) is 0 Å². The number of hydrogen-bond donors (Lipinski definition) is 2. The van der Waals surface area contributed by atoms with Gasteiger partial charge in [0.25, 0.3) is 0 Å². The van der Waals surface area contributed by atoms with E-state index in [2.05, 4.69) is 16.7 Å². The number of carbonyl (C=O) groups excluding carboxylic acids is 1. The molecular formula is C19H20Cl2N2O2. The summed E-state index contributed by atoms with van der Waals surface area (Å²) in [5, 5.41) is 7.17. The molecule has 4 nitrogen and oxygen atoms in total. The minimum atomic E-state index is -0.0918. The highest BCUT2D eigenvalue weighted by atomic mass is 35.5. The third-order valence-corrected chi connectivity index (χ3v) is 4.96. The van der Waals surface area contributed by atoms with Crippen molar-refractivity contribution in [1.82, 2.24) is 10.6 Å². The van der Waals surface area contributed by atoms with Gasteiger partial charge < -0.3 is 15.4 Å². The zero-order chi connectivity index (χ0) is 17.8. The summed E-state index contributed by atoms with van der Waals surface area (Å²) in [5.74, 6) is 0.909. The molecule has 1 aliphatic rings. The fourth-order valence-corrected chi connectivity index (χ4v) is 3.12. The number of aryl methyl sites for hydroxylation is 1. The lowest BCUT2D eigenvalue weighted by Gasteiger charge is -2.13. The maximum atomic E-state index is 11.6. The zero-order valence-corrected chi connectivity index (χ0v) is 15.5. The average molecular weight is 379 g/mol. The van der Waals surface area contributed by atoms with Crippen LogP contribution in [0.4, 0.5) is 0 Å². The molecule has 0 radical (unpaired) electrons. The standard InChI is InChI=1S/C19H20Cl2N2O2/c1-12-8-13(10-23-17-6-7-22-19(17)24)3-5-18(12)25-11-14-2-4-15(20)16(21)9-14/h2-5,8-9,17,23H,6-7,10-11H2,1H3,(H,22,24). The van der Waals surface area contributed by atoms with Crippen LogP contribution in [0, 0.1) is 6.92 Å². The van der Waals surface area contributed by atoms with Crippen LogP contribution in [0.2, 0.25) is 10.0 Å². The number of hydrogen-bond acceptors (Lipinski definition) is 3. The van der Waals surface area contributed by atoms with E-state index in [9.17, 15) is 4.79 Å². The van der Waals surface area contributed by atoms with E-state index in [1.54, 1.807) is 6.07 Å². The molecule has 25 heavy (non-hydrogen) atoms. The Kier molecular flexibility index (Phi) is 5.84. The van der Waals surface area contributed by atoms with Gasteiger partial charge in [0, 0.05) is 13.1 Å². The van der Waals surface area contributed by atoms with Gasteiger partial charge in [-0.25, -0.2) is 0 Å². The van der Waals surface area contributed by atoms with Gasteiger partial charge in [0.1, 0.15) is 12.4 Å². The summed E-state index contributed by atoms with van der Waals surface area (Å²) in [6, 6.07) is 11.4. The Morgan fingerprint density at radius 3 is 2.64 bits per heavy atom. The fourth-order valence-electron chi connectivity index (χ4n) is 2.80. The van der Waals surface area contributed by atoms with Crippen molar-refractivity contribution in [2.75, 3.05) is 6.54 Å². The highest BCUT2D eigenvalue weighted by Gasteiger charge is 2.22. The number of carbonyl (C=O) groups is 1. The SMILES string of the molecule is Cc1cc(CNC2CCNC2=O)ccc1OCc1ccc(Cl)c(Cl)c1. The predicted molar refractivity (Wildman–Crippen MR) is 100 cm³/mol. The van der Waals surface area contributed by atoms with Gasteiger partial charge in [-0.2, -0.15) is 0 Å². The molecule has 2 aromatic rings. The number of nitrogens with one attached hydrogen (secondary N) is 2. The molecule has 3 rings (SSSR count). The van der Waals surface area contributed by atoms with E-state index in [1.165, 1.54) is 0 Å². The van der Waals surface area contributed by atoms with Gasteiger partial charge in [-0.05, 0) is 48.2 Å². The molecular weight excluding hydrogens is 359 g/mol. The maximum absolute atomic E-state index is 11.6. The van der Waals surface area contributed by atoms with Crippen molar-refractivity contribution in [2.24, 2.45) is 0 Å². The van der Waals surface area contributed by atoms with Gasteiger partial charge >= 0.3 is 0 Å². The predicted octanol–water partition coefficient (Wildman–Crippen LogP) is 3.86. The summed E-state index contributed by atoms with van der Waals surface area (Å²) in [5.41, 5.74) is 3.14. The molecule has 6 heteroatoms. The fraction of sp³-hybridized carbons (Fsp3) is 0.316. The first-order valence-electron chi connectivity index (χ1n) is 8.20. The largest absolute Gasteiger partial charge is 0.489 e. The molecule has 132 valence electrons. The van der Waals surface area contributed by atoms with Crippen LogP contribution in [0.15, 0.2) is 36.4 Å². The number of benzene rings is 2. The maximum Gasteiger partial charge on any atom is 0.237 e. The van der Waals surface area contributed by atoms with E-state index < -0.39 is 0 Å². The second-order valence-corrected chi connectivity index (χ2v) is 6.96. The summed E-state index contributed by atoms with van der Waals surface area (Å²) in [6.07, 6.45) is 0.836. The molecule has 2 N–H and O–H groups in total.